The highest BCUT2D eigenvalue weighted by Gasteiger charge is 2.23. The van der Waals surface area contributed by atoms with Crippen LogP contribution >= 0.6 is 11.6 Å². The molecule has 3 aromatic carbocycles. The summed E-state index contributed by atoms with van der Waals surface area (Å²) in [5.41, 5.74) is 4.61. The summed E-state index contributed by atoms with van der Waals surface area (Å²) in [6, 6.07) is 23.5. The summed E-state index contributed by atoms with van der Waals surface area (Å²) in [6.45, 7) is 3.94. The van der Waals surface area contributed by atoms with E-state index in [2.05, 4.69) is 5.32 Å². The van der Waals surface area contributed by atoms with Crippen molar-refractivity contribution in [2.45, 2.75) is 19.8 Å². The zero-order chi connectivity index (χ0) is 17.8. The Balaban J connectivity index is 1.99. The van der Waals surface area contributed by atoms with Crippen LogP contribution in [0.25, 0.3) is 0 Å². The van der Waals surface area contributed by atoms with Crippen LogP contribution in [-0.4, -0.2) is 5.91 Å². The SMILES string of the molecule is Cc1cc(C)c(NC(=O)C(c2ccccc2)c2ccccc2)c(Cl)c1. The second-order valence-corrected chi connectivity index (χ2v) is 6.59. The van der Waals surface area contributed by atoms with Gasteiger partial charge in [-0.15, -0.1) is 0 Å². The van der Waals surface area contributed by atoms with Gasteiger partial charge < -0.3 is 5.32 Å². The average Bonchev–Trinajstić information content (AvgIpc) is 2.60. The molecule has 0 aliphatic carbocycles. The van der Waals surface area contributed by atoms with Gasteiger partial charge in [0.05, 0.1) is 16.6 Å². The maximum atomic E-state index is 13.1. The summed E-state index contributed by atoms with van der Waals surface area (Å²) in [6.07, 6.45) is 0. The summed E-state index contributed by atoms with van der Waals surface area (Å²) >= 11 is 6.36. The summed E-state index contributed by atoms with van der Waals surface area (Å²) in [4.78, 5) is 13.1. The van der Waals surface area contributed by atoms with Crippen molar-refractivity contribution in [1.82, 2.24) is 0 Å². The smallest absolute Gasteiger partial charge is 0.236 e. The molecule has 1 N–H and O–H groups in total. The predicted molar refractivity (Wildman–Crippen MR) is 104 cm³/mol. The molecular formula is C22H20ClNO. The third-order valence-electron chi connectivity index (χ3n) is 4.21. The van der Waals surface area contributed by atoms with E-state index in [9.17, 15) is 4.79 Å². The van der Waals surface area contributed by atoms with Gasteiger partial charge in [0.2, 0.25) is 5.91 Å². The van der Waals surface area contributed by atoms with E-state index in [1.807, 2.05) is 86.6 Å². The van der Waals surface area contributed by atoms with Crippen molar-refractivity contribution in [2.24, 2.45) is 0 Å². The first-order valence-electron chi connectivity index (χ1n) is 8.24. The van der Waals surface area contributed by atoms with Gasteiger partial charge in [0, 0.05) is 0 Å². The molecule has 0 saturated carbocycles. The van der Waals surface area contributed by atoms with E-state index < -0.39 is 0 Å². The minimum absolute atomic E-state index is 0.0914. The molecule has 0 bridgehead atoms. The summed E-state index contributed by atoms with van der Waals surface area (Å²) in [5, 5.41) is 3.59. The van der Waals surface area contributed by atoms with E-state index in [1.165, 1.54) is 0 Å². The third kappa shape index (κ3) is 3.92. The molecule has 0 aliphatic heterocycles. The van der Waals surface area contributed by atoms with Gasteiger partial charge in [-0.05, 0) is 42.2 Å². The average molecular weight is 350 g/mol. The lowest BCUT2D eigenvalue weighted by Gasteiger charge is -2.19. The summed E-state index contributed by atoms with van der Waals surface area (Å²) in [5.74, 6) is -0.481. The third-order valence-corrected chi connectivity index (χ3v) is 4.51. The van der Waals surface area contributed by atoms with Crippen LogP contribution < -0.4 is 5.32 Å². The van der Waals surface area contributed by atoms with E-state index in [4.69, 9.17) is 11.6 Å². The van der Waals surface area contributed by atoms with Crippen LogP contribution in [0.15, 0.2) is 72.8 Å². The summed E-state index contributed by atoms with van der Waals surface area (Å²) in [7, 11) is 0. The maximum absolute atomic E-state index is 13.1. The van der Waals surface area contributed by atoms with Crippen LogP contribution in [0.4, 0.5) is 5.69 Å². The molecule has 25 heavy (non-hydrogen) atoms. The number of rotatable bonds is 4. The molecule has 0 aromatic heterocycles. The van der Waals surface area contributed by atoms with E-state index in [1.54, 1.807) is 0 Å². The molecule has 0 saturated heterocycles. The molecule has 126 valence electrons. The van der Waals surface area contributed by atoms with Gasteiger partial charge in [-0.2, -0.15) is 0 Å². The van der Waals surface area contributed by atoms with Gasteiger partial charge in [-0.25, -0.2) is 0 Å². The molecule has 0 spiro atoms. The molecule has 2 nitrogen and oxygen atoms in total. The number of carbonyl (C=O) groups excluding carboxylic acids is 1. The lowest BCUT2D eigenvalue weighted by Crippen LogP contribution is -2.23. The van der Waals surface area contributed by atoms with Crippen LogP contribution in [0, 0.1) is 13.8 Å². The zero-order valence-electron chi connectivity index (χ0n) is 14.3. The number of hydrogen-bond donors (Lipinski definition) is 1. The Bertz CT molecular complexity index is 813. The number of anilines is 1. The molecule has 3 rings (SSSR count). The fraction of sp³-hybridized carbons (Fsp3) is 0.136. The van der Waals surface area contributed by atoms with Crippen molar-refractivity contribution in [3.8, 4) is 0 Å². The largest absolute Gasteiger partial charge is 0.324 e. The minimum atomic E-state index is -0.390. The number of carbonyl (C=O) groups is 1. The van der Waals surface area contributed by atoms with Crippen LogP contribution in [0.5, 0.6) is 0 Å². The van der Waals surface area contributed by atoms with Crippen LogP contribution in [-0.2, 0) is 4.79 Å². The first kappa shape index (κ1) is 17.2. The van der Waals surface area contributed by atoms with E-state index in [0.717, 1.165) is 22.3 Å². The number of benzene rings is 3. The molecular weight excluding hydrogens is 330 g/mol. The normalized spacial score (nSPS) is 10.7. The number of nitrogens with one attached hydrogen (secondary N) is 1. The topological polar surface area (TPSA) is 29.1 Å². The minimum Gasteiger partial charge on any atom is -0.324 e. The van der Waals surface area contributed by atoms with Crippen molar-refractivity contribution in [3.63, 3.8) is 0 Å². The monoisotopic (exact) mass is 349 g/mol. The first-order valence-corrected chi connectivity index (χ1v) is 8.61. The standard InChI is InChI=1S/C22H20ClNO/c1-15-13-16(2)21(19(23)14-15)24-22(25)20(17-9-5-3-6-10-17)18-11-7-4-8-12-18/h3-14,20H,1-2H3,(H,24,25). The predicted octanol–water partition coefficient (Wildman–Crippen LogP) is 5.73. The Morgan fingerprint density at radius 1 is 0.880 bits per heavy atom. The highest BCUT2D eigenvalue weighted by atomic mass is 35.5. The molecule has 0 aliphatic rings. The number of halogens is 1. The van der Waals surface area contributed by atoms with Gasteiger partial charge in [-0.1, -0.05) is 78.3 Å². The lowest BCUT2D eigenvalue weighted by atomic mass is 9.90. The Labute approximate surface area is 153 Å². The number of amides is 1. The van der Waals surface area contributed by atoms with Gasteiger partial charge >= 0.3 is 0 Å². The Kier molecular flexibility index (Phi) is 5.20. The van der Waals surface area contributed by atoms with E-state index in [0.29, 0.717) is 10.7 Å². The summed E-state index contributed by atoms with van der Waals surface area (Å²) < 4.78 is 0. The van der Waals surface area contributed by atoms with E-state index >= 15 is 0 Å². The Hall–Kier alpha value is -2.58. The van der Waals surface area contributed by atoms with E-state index in [-0.39, 0.29) is 11.8 Å². The molecule has 0 unspecified atom stereocenters. The molecule has 0 heterocycles. The fourth-order valence-corrected chi connectivity index (χ4v) is 3.42. The number of aryl methyl sites for hydroxylation is 2. The maximum Gasteiger partial charge on any atom is 0.236 e. The van der Waals surface area contributed by atoms with Crippen molar-refractivity contribution in [2.75, 3.05) is 5.32 Å². The van der Waals surface area contributed by atoms with Crippen molar-refractivity contribution < 1.29 is 4.79 Å². The Morgan fingerprint density at radius 3 is 1.88 bits per heavy atom. The fourth-order valence-electron chi connectivity index (χ4n) is 3.06. The van der Waals surface area contributed by atoms with Gasteiger partial charge in [0.1, 0.15) is 0 Å². The van der Waals surface area contributed by atoms with Gasteiger partial charge in [0.15, 0.2) is 0 Å². The molecule has 1 amide bonds. The second kappa shape index (κ2) is 7.54. The molecule has 0 radical (unpaired) electrons. The van der Waals surface area contributed by atoms with Crippen molar-refractivity contribution in [3.05, 3.63) is 100 Å². The van der Waals surface area contributed by atoms with Gasteiger partial charge in [-0.3, -0.25) is 4.79 Å². The first-order chi connectivity index (χ1) is 12.1. The van der Waals surface area contributed by atoms with Crippen LogP contribution in [0.2, 0.25) is 5.02 Å². The molecule has 3 heteroatoms. The molecule has 3 aromatic rings. The van der Waals surface area contributed by atoms with Gasteiger partial charge in [0.25, 0.3) is 0 Å². The van der Waals surface area contributed by atoms with Crippen molar-refractivity contribution in [1.29, 1.82) is 0 Å². The molecule has 0 atom stereocenters. The van der Waals surface area contributed by atoms with Crippen LogP contribution in [0.1, 0.15) is 28.2 Å². The van der Waals surface area contributed by atoms with Crippen LogP contribution in [0.3, 0.4) is 0 Å². The quantitative estimate of drug-likeness (QED) is 0.640. The van der Waals surface area contributed by atoms with Crippen molar-refractivity contribution >= 4 is 23.2 Å². The molecule has 0 fully saturated rings. The number of hydrogen-bond acceptors (Lipinski definition) is 1. The second-order valence-electron chi connectivity index (χ2n) is 6.18. The highest BCUT2D eigenvalue weighted by Crippen LogP contribution is 2.31. The Morgan fingerprint density at radius 2 is 1.40 bits per heavy atom. The highest BCUT2D eigenvalue weighted by molar-refractivity contribution is 6.34. The zero-order valence-corrected chi connectivity index (χ0v) is 15.0. The lowest BCUT2D eigenvalue weighted by molar-refractivity contribution is -0.116.